The quantitative estimate of drug-likeness (QED) is 0.451. The second kappa shape index (κ2) is 8.88. The van der Waals surface area contributed by atoms with Crippen molar-refractivity contribution >= 4 is 17.2 Å². The topological polar surface area (TPSA) is 52.5 Å². The second-order valence-electron chi connectivity index (χ2n) is 6.66. The molecule has 0 fully saturated rings. The van der Waals surface area contributed by atoms with Crippen LogP contribution in [0.2, 0.25) is 0 Å². The van der Waals surface area contributed by atoms with E-state index in [0.29, 0.717) is 22.9 Å². The molecular formula is C24H22N2O3S. The van der Waals surface area contributed by atoms with E-state index in [2.05, 4.69) is 17.4 Å². The molecule has 2 heterocycles. The summed E-state index contributed by atoms with van der Waals surface area (Å²) in [6, 6.07) is 19.6. The zero-order chi connectivity index (χ0) is 20.9. The van der Waals surface area contributed by atoms with Gasteiger partial charge in [-0.3, -0.25) is 4.79 Å². The molecule has 5 nitrogen and oxygen atoms in total. The lowest BCUT2D eigenvalue weighted by Crippen LogP contribution is -2.23. The number of rotatable bonds is 7. The molecule has 0 bridgehead atoms. The van der Waals surface area contributed by atoms with Gasteiger partial charge in [-0.1, -0.05) is 36.4 Å². The van der Waals surface area contributed by atoms with Gasteiger partial charge in [0, 0.05) is 29.9 Å². The van der Waals surface area contributed by atoms with E-state index in [1.807, 2.05) is 70.9 Å². The fraction of sp³-hybridized carbons (Fsp3) is 0.125. The molecule has 1 amide bonds. The average molecular weight is 419 g/mol. The van der Waals surface area contributed by atoms with Gasteiger partial charge < -0.3 is 19.4 Å². The second-order valence-corrected chi connectivity index (χ2v) is 7.54. The number of amides is 1. The number of nitrogens with one attached hydrogen (secondary N) is 1. The highest BCUT2D eigenvalue weighted by Crippen LogP contribution is 2.35. The first-order valence-electron chi connectivity index (χ1n) is 9.50. The largest absolute Gasteiger partial charge is 0.493 e. The van der Waals surface area contributed by atoms with E-state index in [4.69, 9.17) is 9.47 Å². The standard InChI is InChI=1S/C24H22N2O3S/c1-28-20-11-10-17(14-21(20)29-2)15-25-24(27)23-22(26-12-6-7-13-26)19(16-30-23)18-8-4-3-5-9-18/h3-14,16H,15H2,1-2H3,(H,25,27). The fourth-order valence-corrected chi connectivity index (χ4v) is 4.32. The summed E-state index contributed by atoms with van der Waals surface area (Å²) in [6.07, 6.45) is 3.92. The third-order valence-corrected chi connectivity index (χ3v) is 5.79. The van der Waals surface area contributed by atoms with Gasteiger partial charge in [0.1, 0.15) is 4.88 Å². The third kappa shape index (κ3) is 3.95. The molecule has 0 unspecified atom stereocenters. The van der Waals surface area contributed by atoms with E-state index in [1.54, 1.807) is 14.2 Å². The van der Waals surface area contributed by atoms with Gasteiger partial charge in [0.25, 0.3) is 5.91 Å². The van der Waals surface area contributed by atoms with Crippen LogP contribution in [0.25, 0.3) is 16.8 Å². The van der Waals surface area contributed by atoms with Crippen molar-refractivity contribution in [3.63, 3.8) is 0 Å². The van der Waals surface area contributed by atoms with Gasteiger partial charge in [0.2, 0.25) is 0 Å². The number of thiophene rings is 1. The first-order valence-corrected chi connectivity index (χ1v) is 10.4. The maximum absolute atomic E-state index is 13.1. The number of methoxy groups -OCH3 is 2. The van der Waals surface area contributed by atoms with Crippen LogP contribution >= 0.6 is 11.3 Å². The van der Waals surface area contributed by atoms with Crippen LogP contribution in [0.3, 0.4) is 0 Å². The van der Waals surface area contributed by atoms with Crippen LogP contribution in [0.4, 0.5) is 0 Å². The number of nitrogens with zero attached hydrogens (tertiary/aromatic N) is 1. The smallest absolute Gasteiger partial charge is 0.263 e. The van der Waals surface area contributed by atoms with Gasteiger partial charge in [0.05, 0.1) is 19.9 Å². The monoisotopic (exact) mass is 418 g/mol. The van der Waals surface area contributed by atoms with Crippen molar-refractivity contribution in [3.8, 4) is 28.3 Å². The number of ether oxygens (including phenoxy) is 2. The molecule has 152 valence electrons. The molecule has 0 aliphatic carbocycles. The van der Waals surface area contributed by atoms with Crippen LogP contribution in [-0.4, -0.2) is 24.7 Å². The summed E-state index contributed by atoms with van der Waals surface area (Å²) in [5, 5.41) is 5.07. The van der Waals surface area contributed by atoms with E-state index in [9.17, 15) is 4.79 Å². The lowest BCUT2D eigenvalue weighted by Gasteiger charge is -2.12. The normalized spacial score (nSPS) is 10.6. The molecule has 4 rings (SSSR count). The molecule has 0 saturated carbocycles. The predicted octanol–water partition coefficient (Wildman–Crippen LogP) is 5.15. The molecule has 0 aliphatic heterocycles. The van der Waals surface area contributed by atoms with Crippen LogP contribution in [0, 0.1) is 0 Å². The minimum absolute atomic E-state index is 0.110. The van der Waals surface area contributed by atoms with Gasteiger partial charge in [-0.15, -0.1) is 11.3 Å². The van der Waals surface area contributed by atoms with Crippen molar-refractivity contribution in [2.75, 3.05) is 14.2 Å². The molecule has 30 heavy (non-hydrogen) atoms. The van der Waals surface area contributed by atoms with Crippen LogP contribution in [-0.2, 0) is 6.54 Å². The third-order valence-electron chi connectivity index (χ3n) is 4.82. The molecule has 2 aromatic carbocycles. The Labute approximate surface area is 179 Å². The zero-order valence-corrected chi connectivity index (χ0v) is 17.6. The summed E-state index contributed by atoms with van der Waals surface area (Å²) in [7, 11) is 3.20. The molecule has 6 heteroatoms. The van der Waals surface area contributed by atoms with Gasteiger partial charge in [-0.05, 0) is 35.4 Å². The maximum Gasteiger partial charge on any atom is 0.263 e. The number of carbonyl (C=O) groups excluding carboxylic acids is 1. The van der Waals surface area contributed by atoms with Crippen molar-refractivity contribution in [1.82, 2.24) is 9.88 Å². The summed E-state index contributed by atoms with van der Waals surface area (Å²) in [4.78, 5) is 13.8. The Bertz CT molecular complexity index is 1130. The van der Waals surface area contributed by atoms with Crippen molar-refractivity contribution in [2.24, 2.45) is 0 Å². The number of hydrogen-bond acceptors (Lipinski definition) is 4. The Balaban J connectivity index is 1.61. The number of benzene rings is 2. The van der Waals surface area contributed by atoms with Crippen LogP contribution in [0.15, 0.2) is 78.4 Å². The summed E-state index contributed by atoms with van der Waals surface area (Å²) in [6.45, 7) is 0.392. The lowest BCUT2D eigenvalue weighted by molar-refractivity contribution is 0.0955. The van der Waals surface area contributed by atoms with Crippen LogP contribution in [0.1, 0.15) is 15.2 Å². The lowest BCUT2D eigenvalue weighted by atomic mass is 10.1. The molecule has 1 N–H and O–H groups in total. The van der Waals surface area contributed by atoms with Gasteiger partial charge >= 0.3 is 0 Å². The van der Waals surface area contributed by atoms with Gasteiger partial charge in [-0.25, -0.2) is 0 Å². The zero-order valence-electron chi connectivity index (χ0n) is 16.8. The van der Waals surface area contributed by atoms with E-state index in [1.165, 1.54) is 11.3 Å². The summed E-state index contributed by atoms with van der Waals surface area (Å²) in [5.74, 6) is 1.19. The molecule has 0 aliphatic rings. The summed E-state index contributed by atoms with van der Waals surface area (Å²) < 4.78 is 12.6. The van der Waals surface area contributed by atoms with Crippen molar-refractivity contribution < 1.29 is 14.3 Å². The fourth-order valence-electron chi connectivity index (χ4n) is 3.33. The van der Waals surface area contributed by atoms with Crippen LogP contribution in [0.5, 0.6) is 11.5 Å². The Morgan fingerprint density at radius 1 is 0.967 bits per heavy atom. The molecule has 0 atom stereocenters. The number of hydrogen-bond donors (Lipinski definition) is 1. The van der Waals surface area contributed by atoms with Gasteiger partial charge in [-0.2, -0.15) is 0 Å². The van der Waals surface area contributed by atoms with E-state index < -0.39 is 0 Å². The van der Waals surface area contributed by atoms with E-state index in [0.717, 1.165) is 22.4 Å². The number of aromatic nitrogens is 1. The highest BCUT2D eigenvalue weighted by atomic mass is 32.1. The highest BCUT2D eigenvalue weighted by molar-refractivity contribution is 7.13. The Kier molecular flexibility index (Phi) is 5.86. The first kappa shape index (κ1) is 19.8. The summed E-state index contributed by atoms with van der Waals surface area (Å²) in [5.41, 5.74) is 3.94. The molecule has 4 aromatic rings. The van der Waals surface area contributed by atoms with Crippen LogP contribution < -0.4 is 14.8 Å². The molecule has 2 aromatic heterocycles. The molecule has 0 radical (unpaired) electrons. The molecule has 0 spiro atoms. The Morgan fingerprint density at radius 2 is 1.70 bits per heavy atom. The van der Waals surface area contributed by atoms with Crippen molar-refractivity contribution in [2.45, 2.75) is 6.54 Å². The van der Waals surface area contributed by atoms with Crippen molar-refractivity contribution in [3.05, 3.63) is 88.9 Å². The van der Waals surface area contributed by atoms with Gasteiger partial charge in [0.15, 0.2) is 11.5 Å². The Morgan fingerprint density at radius 3 is 2.40 bits per heavy atom. The molecular weight excluding hydrogens is 396 g/mol. The predicted molar refractivity (Wildman–Crippen MR) is 120 cm³/mol. The van der Waals surface area contributed by atoms with E-state index in [-0.39, 0.29) is 5.91 Å². The summed E-state index contributed by atoms with van der Waals surface area (Å²) >= 11 is 1.45. The van der Waals surface area contributed by atoms with Crippen molar-refractivity contribution in [1.29, 1.82) is 0 Å². The Hall–Kier alpha value is -3.51. The first-order chi connectivity index (χ1) is 14.7. The average Bonchev–Trinajstić information content (AvgIpc) is 3.47. The number of carbonyl (C=O) groups is 1. The minimum Gasteiger partial charge on any atom is -0.493 e. The minimum atomic E-state index is -0.110. The highest BCUT2D eigenvalue weighted by Gasteiger charge is 2.20. The SMILES string of the molecule is COc1ccc(CNC(=O)c2scc(-c3ccccc3)c2-n2cccc2)cc1OC. The molecule has 0 saturated heterocycles. The van der Waals surface area contributed by atoms with E-state index >= 15 is 0 Å². The maximum atomic E-state index is 13.1.